The van der Waals surface area contributed by atoms with E-state index in [2.05, 4.69) is 11.7 Å². The van der Waals surface area contributed by atoms with Crippen molar-refractivity contribution < 1.29 is 13.9 Å². The van der Waals surface area contributed by atoms with E-state index in [1.807, 2.05) is 12.2 Å². The average Bonchev–Trinajstić information content (AvgIpc) is 2.81. The predicted molar refractivity (Wildman–Crippen MR) is 93.6 cm³/mol. The molecule has 0 saturated heterocycles. The van der Waals surface area contributed by atoms with Crippen LogP contribution in [0.3, 0.4) is 0 Å². The lowest BCUT2D eigenvalue weighted by Crippen LogP contribution is -2.27. The van der Waals surface area contributed by atoms with Crippen LogP contribution in [0.2, 0.25) is 0 Å². The lowest BCUT2D eigenvalue weighted by Gasteiger charge is -2.11. The molecule has 5 nitrogen and oxygen atoms in total. The van der Waals surface area contributed by atoms with Crippen molar-refractivity contribution in [1.82, 2.24) is 5.06 Å². The van der Waals surface area contributed by atoms with Crippen LogP contribution in [0.15, 0.2) is 23.0 Å². The first-order valence-electron chi connectivity index (χ1n) is 6.79. The van der Waals surface area contributed by atoms with Gasteiger partial charge >= 0.3 is 0 Å². The molecule has 4 rings (SSSR count). The van der Waals surface area contributed by atoms with Crippen molar-refractivity contribution in [1.29, 1.82) is 0 Å². The summed E-state index contributed by atoms with van der Waals surface area (Å²) >= 11 is 5.79. The fourth-order valence-corrected chi connectivity index (χ4v) is 4.57. The molecule has 0 N–H and O–H groups in total. The van der Waals surface area contributed by atoms with Crippen LogP contribution in [0.5, 0.6) is 0 Å². The summed E-state index contributed by atoms with van der Waals surface area (Å²) in [5, 5.41) is 1.15. The summed E-state index contributed by atoms with van der Waals surface area (Å²) in [4.78, 5) is 38.3. The Kier molecular flexibility index (Phi) is 3.56. The molecule has 116 valence electrons. The SMILES string of the molecule is O=C1c2ccc3c(=O)c4c(sc3c2C(=O)N1OSS)C=CCC4. The van der Waals surface area contributed by atoms with E-state index in [9.17, 15) is 14.4 Å². The van der Waals surface area contributed by atoms with E-state index in [4.69, 9.17) is 4.28 Å². The van der Waals surface area contributed by atoms with Gasteiger partial charge in [0.15, 0.2) is 5.43 Å². The maximum absolute atomic E-state index is 12.7. The maximum Gasteiger partial charge on any atom is 0.288 e. The topological polar surface area (TPSA) is 63.7 Å². The quantitative estimate of drug-likeness (QED) is 0.384. The van der Waals surface area contributed by atoms with Gasteiger partial charge in [0, 0.05) is 15.8 Å². The standard InChI is InChI=1S/C15H9NO4S3/c17-12-7-3-1-2-4-10(7)22-13-9(12)6-5-8-11(13)15(19)16(14(8)18)20-23-21/h2,4-6,21H,1,3H2. The molecule has 2 aliphatic rings. The van der Waals surface area contributed by atoms with Gasteiger partial charge in [0.25, 0.3) is 11.8 Å². The number of benzene rings is 1. The van der Waals surface area contributed by atoms with E-state index in [0.717, 1.165) is 16.9 Å². The normalized spacial score (nSPS) is 16.1. The van der Waals surface area contributed by atoms with Crippen LogP contribution in [0.25, 0.3) is 16.2 Å². The molecule has 0 bridgehead atoms. The highest BCUT2D eigenvalue weighted by atomic mass is 33.1. The van der Waals surface area contributed by atoms with Crippen molar-refractivity contribution in [2.24, 2.45) is 0 Å². The van der Waals surface area contributed by atoms with Crippen LogP contribution < -0.4 is 5.43 Å². The van der Waals surface area contributed by atoms with E-state index in [1.165, 1.54) is 17.4 Å². The molecule has 0 saturated carbocycles. The van der Waals surface area contributed by atoms with Gasteiger partial charge in [-0.15, -0.1) is 16.4 Å². The van der Waals surface area contributed by atoms with Gasteiger partial charge < -0.3 is 0 Å². The van der Waals surface area contributed by atoms with Crippen LogP contribution in [0, 0.1) is 0 Å². The van der Waals surface area contributed by atoms with Gasteiger partial charge in [0.05, 0.1) is 26.9 Å². The second kappa shape index (κ2) is 5.48. The van der Waals surface area contributed by atoms with Gasteiger partial charge in [0.2, 0.25) is 0 Å². The number of hydrogen-bond donors (Lipinski definition) is 1. The van der Waals surface area contributed by atoms with Crippen molar-refractivity contribution in [3.05, 3.63) is 50.0 Å². The molecule has 8 heteroatoms. The number of carbonyl (C=O) groups is 2. The minimum Gasteiger partial charge on any atom is -0.289 e. The summed E-state index contributed by atoms with van der Waals surface area (Å²) in [6, 6.07) is 3.14. The molecule has 0 radical (unpaired) electrons. The van der Waals surface area contributed by atoms with E-state index < -0.39 is 11.8 Å². The fraction of sp³-hybridized carbons (Fsp3) is 0.133. The second-order valence-corrected chi connectivity index (χ2v) is 6.93. The number of hydroxylamine groups is 2. The number of rotatable bonds is 2. The zero-order chi connectivity index (χ0) is 16.1. The highest BCUT2D eigenvalue weighted by Crippen LogP contribution is 2.35. The summed E-state index contributed by atoms with van der Waals surface area (Å²) < 4.78 is 5.46. The first kappa shape index (κ1) is 14.9. The van der Waals surface area contributed by atoms with E-state index in [1.54, 1.807) is 6.07 Å². The Balaban J connectivity index is 2.04. The Morgan fingerprint density at radius 2 is 2.04 bits per heavy atom. The Hall–Kier alpha value is -1.61. The van der Waals surface area contributed by atoms with E-state index in [-0.39, 0.29) is 16.6 Å². The molecule has 1 aliphatic heterocycles. The molecule has 1 aromatic carbocycles. The summed E-state index contributed by atoms with van der Waals surface area (Å²) in [6.07, 6.45) is 5.45. The van der Waals surface area contributed by atoms with Crippen molar-refractivity contribution in [3.63, 3.8) is 0 Å². The van der Waals surface area contributed by atoms with Gasteiger partial charge in [-0.3, -0.25) is 14.4 Å². The van der Waals surface area contributed by atoms with Gasteiger partial charge in [0.1, 0.15) is 0 Å². The Labute approximate surface area is 143 Å². The summed E-state index contributed by atoms with van der Waals surface area (Å²) in [5.41, 5.74) is 1.20. The van der Waals surface area contributed by atoms with Crippen LogP contribution in [-0.2, 0) is 10.7 Å². The van der Waals surface area contributed by atoms with Crippen LogP contribution in [-0.4, -0.2) is 16.9 Å². The third-order valence-electron chi connectivity index (χ3n) is 3.94. The van der Waals surface area contributed by atoms with Crippen molar-refractivity contribution >= 4 is 62.0 Å². The van der Waals surface area contributed by atoms with Crippen LogP contribution in [0.4, 0.5) is 0 Å². The number of hydrogen-bond acceptors (Lipinski definition) is 7. The molecule has 2 heterocycles. The highest BCUT2D eigenvalue weighted by molar-refractivity contribution is 8.66. The lowest BCUT2D eigenvalue weighted by molar-refractivity contribution is -0.00101. The second-order valence-electron chi connectivity index (χ2n) is 5.13. The smallest absolute Gasteiger partial charge is 0.288 e. The number of allylic oxidation sites excluding steroid dienone is 1. The molecular weight excluding hydrogens is 354 g/mol. The highest BCUT2D eigenvalue weighted by Gasteiger charge is 2.39. The van der Waals surface area contributed by atoms with Crippen LogP contribution >= 0.6 is 34.1 Å². The Morgan fingerprint density at radius 3 is 2.83 bits per heavy atom. The molecular formula is C15H9NO4S3. The molecule has 1 aliphatic carbocycles. The summed E-state index contributed by atoms with van der Waals surface area (Å²) in [7, 11) is 0. The number of nitrogens with zero attached hydrogens (tertiary/aromatic N) is 1. The Morgan fingerprint density at radius 1 is 1.22 bits per heavy atom. The molecule has 2 aromatic rings. The zero-order valence-electron chi connectivity index (χ0n) is 11.6. The fourth-order valence-electron chi connectivity index (χ4n) is 2.90. The first-order valence-corrected chi connectivity index (χ1v) is 9.40. The number of thiol groups is 1. The van der Waals surface area contributed by atoms with Crippen molar-refractivity contribution in [3.8, 4) is 0 Å². The number of fused-ring (bicyclic) bond motifs is 4. The predicted octanol–water partition coefficient (Wildman–Crippen LogP) is 3.24. The van der Waals surface area contributed by atoms with Gasteiger partial charge in [-0.25, -0.2) is 0 Å². The van der Waals surface area contributed by atoms with Gasteiger partial charge in [-0.2, -0.15) is 4.28 Å². The van der Waals surface area contributed by atoms with Gasteiger partial charge in [-0.1, -0.05) is 17.7 Å². The lowest BCUT2D eigenvalue weighted by atomic mass is 10.0. The zero-order valence-corrected chi connectivity index (χ0v) is 14.1. The molecule has 0 atom stereocenters. The molecule has 0 spiro atoms. The molecule has 0 unspecified atom stereocenters. The molecule has 0 fully saturated rings. The molecule has 2 amide bonds. The first-order chi connectivity index (χ1) is 11.1. The number of carbonyl (C=O) groups excluding carboxylic acids is 2. The largest absolute Gasteiger partial charge is 0.289 e. The van der Waals surface area contributed by atoms with E-state index in [0.29, 0.717) is 32.6 Å². The third kappa shape index (κ3) is 2.09. The Bertz CT molecular complexity index is 963. The molecule has 1 aromatic heterocycles. The van der Waals surface area contributed by atoms with Crippen LogP contribution in [0.1, 0.15) is 37.6 Å². The minimum absolute atomic E-state index is 0.0657. The number of imide groups is 1. The summed E-state index contributed by atoms with van der Waals surface area (Å²) in [6.45, 7) is 0. The molecule has 23 heavy (non-hydrogen) atoms. The maximum atomic E-state index is 12.7. The van der Waals surface area contributed by atoms with Crippen molar-refractivity contribution in [2.75, 3.05) is 0 Å². The van der Waals surface area contributed by atoms with Crippen molar-refractivity contribution in [2.45, 2.75) is 12.8 Å². The number of amides is 2. The monoisotopic (exact) mass is 363 g/mol. The third-order valence-corrected chi connectivity index (χ3v) is 5.58. The van der Waals surface area contributed by atoms with Gasteiger partial charge in [-0.05, 0) is 31.1 Å². The summed E-state index contributed by atoms with van der Waals surface area (Å²) in [5.74, 6) is -1.10. The minimum atomic E-state index is -0.562. The van der Waals surface area contributed by atoms with E-state index >= 15 is 0 Å². The average molecular weight is 363 g/mol.